The maximum Gasteiger partial charge on any atom is 0.271 e. The number of rotatable bonds is 4. The highest BCUT2D eigenvalue weighted by Crippen LogP contribution is 2.31. The van der Waals surface area contributed by atoms with Gasteiger partial charge in [-0.15, -0.1) is 11.3 Å². The van der Waals surface area contributed by atoms with Gasteiger partial charge in [0.05, 0.1) is 25.5 Å². The maximum atomic E-state index is 13.9. The van der Waals surface area contributed by atoms with Crippen LogP contribution in [0, 0.1) is 5.82 Å². The highest BCUT2D eigenvalue weighted by molar-refractivity contribution is 7.17. The molecule has 2 aromatic carbocycles. The fraction of sp³-hybridized carbons (Fsp3) is 0.100. The molecule has 0 aliphatic rings. The van der Waals surface area contributed by atoms with Crippen molar-refractivity contribution in [3.8, 4) is 16.9 Å². The normalized spacial score (nSPS) is 11.0. The predicted octanol–water partition coefficient (Wildman–Crippen LogP) is 4.32. The summed E-state index contributed by atoms with van der Waals surface area (Å²) in [6, 6.07) is 14.1. The molecule has 0 aliphatic carbocycles. The number of thiophene rings is 1. The third-order valence-corrected chi connectivity index (χ3v) is 5.20. The predicted molar refractivity (Wildman–Crippen MR) is 101 cm³/mol. The summed E-state index contributed by atoms with van der Waals surface area (Å²) in [5.74, 6) is 0.443. The van der Waals surface area contributed by atoms with Crippen molar-refractivity contribution in [2.24, 2.45) is 0 Å². The van der Waals surface area contributed by atoms with Crippen LogP contribution in [-0.2, 0) is 6.54 Å². The van der Waals surface area contributed by atoms with Crippen LogP contribution in [0.4, 0.5) is 4.39 Å². The molecule has 0 fully saturated rings. The monoisotopic (exact) mass is 366 g/mol. The first-order chi connectivity index (χ1) is 12.7. The van der Waals surface area contributed by atoms with Gasteiger partial charge in [-0.1, -0.05) is 30.3 Å². The molecule has 4 nitrogen and oxygen atoms in total. The van der Waals surface area contributed by atoms with E-state index in [9.17, 15) is 9.18 Å². The zero-order valence-electron chi connectivity index (χ0n) is 14.0. The standard InChI is InChI=1S/C20H15FN2O2S/c1-25-15-8-6-13(7-9-15)16-11-26-19-18(16)22-12-23(20(19)24)10-14-4-2-3-5-17(14)21/h2-9,11-12H,10H2,1H3. The van der Waals surface area contributed by atoms with Gasteiger partial charge in [0.1, 0.15) is 16.3 Å². The van der Waals surface area contributed by atoms with E-state index < -0.39 is 0 Å². The van der Waals surface area contributed by atoms with E-state index >= 15 is 0 Å². The van der Waals surface area contributed by atoms with Gasteiger partial charge in [-0.05, 0) is 23.8 Å². The summed E-state index contributed by atoms with van der Waals surface area (Å²) in [7, 11) is 1.62. The average molecular weight is 366 g/mol. The molecule has 0 saturated carbocycles. The zero-order valence-corrected chi connectivity index (χ0v) is 14.8. The number of aromatic nitrogens is 2. The summed E-state index contributed by atoms with van der Waals surface area (Å²) >= 11 is 1.35. The van der Waals surface area contributed by atoms with Gasteiger partial charge in [-0.25, -0.2) is 9.37 Å². The Hall–Kier alpha value is -2.99. The van der Waals surface area contributed by atoms with Crippen molar-refractivity contribution in [1.29, 1.82) is 0 Å². The fourth-order valence-electron chi connectivity index (χ4n) is 2.84. The van der Waals surface area contributed by atoms with Gasteiger partial charge < -0.3 is 4.74 Å². The third-order valence-electron chi connectivity index (χ3n) is 4.25. The minimum absolute atomic E-state index is 0.157. The van der Waals surface area contributed by atoms with Crippen LogP contribution in [0.3, 0.4) is 0 Å². The van der Waals surface area contributed by atoms with Crippen LogP contribution in [0.5, 0.6) is 5.75 Å². The molecule has 4 aromatic rings. The fourth-order valence-corrected chi connectivity index (χ4v) is 3.82. The number of methoxy groups -OCH3 is 1. The van der Waals surface area contributed by atoms with Crippen LogP contribution in [0.25, 0.3) is 21.3 Å². The number of hydrogen-bond donors (Lipinski definition) is 0. The first-order valence-corrected chi connectivity index (χ1v) is 8.90. The summed E-state index contributed by atoms with van der Waals surface area (Å²) in [5, 5.41) is 1.92. The van der Waals surface area contributed by atoms with Crippen molar-refractivity contribution in [3.05, 3.63) is 82.0 Å². The van der Waals surface area contributed by atoms with E-state index in [4.69, 9.17) is 4.74 Å². The second-order valence-corrected chi connectivity index (χ2v) is 6.70. The van der Waals surface area contributed by atoms with Crippen LogP contribution >= 0.6 is 11.3 Å². The minimum atomic E-state index is -0.329. The molecule has 0 atom stereocenters. The van der Waals surface area contributed by atoms with Gasteiger partial charge in [0.15, 0.2) is 0 Å². The van der Waals surface area contributed by atoms with Gasteiger partial charge in [-0.2, -0.15) is 0 Å². The number of hydrogen-bond acceptors (Lipinski definition) is 4. The Bertz CT molecular complexity index is 1130. The van der Waals surface area contributed by atoms with Crippen molar-refractivity contribution in [2.75, 3.05) is 7.11 Å². The Morgan fingerprint density at radius 3 is 2.65 bits per heavy atom. The van der Waals surface area contributed by atoms with Crippen molar-refractivity contribution in [2.45, 2.75) is 6.54 Å². The molecule has 4 rings (SSSR count). The molecule has 0 unspecified atom stereocenters. The van der Waals surface area contributed by atoms with Crippen LogP contribution < -0.4 is 10.3 Å². The molecule has 0 N–H and O–H groups in total. The molecular weight excluding hydrogens is 351 g/mol. The Balaban J connectivity index is 1.75. The molecule has 6 heteroatoms. The Kier molecular flexibility index (Phi) is 4.26. The lowest BCUT2D eigenvalue weighted by Crippen LogP contribution is -2.20. The number of ether oxygens (including phenoxy) is 1. The Morgan fingerprint density at radius 1 is 1.15 bits per heavy atom. The molecule has 0 amide bonds. The summed E-state index contributed by atoms with van der Waals surface area (Å²) in [6.45, 7) is 0.157. The second-order valence-electron chi connectivity index (χ2n) is 5.82. The van der Waals surface area contributed by atoms with Crippen molar-refractivity contribution in [1.82, 2.24) is 9.55 Å². The maximum absolute atomic E-state index is 13.9. The highest BCUT2D eigenvalue weighted by Gasteiger charge is 2.13. The van der Waals surface area contributed by atoms with Crippen LogP contribution in [0.1, 0.15) is 5.56 Å². The van der Waals surface area contributed by atoms with E-state index in [-0.39, 0.29) is 17.9 Å². The largest absolute Gasteiger partial charge is 0.497 e. The first kappa shape index (κ1) is 16.5. The minimum Gasteiger partial charge on any atom is -0.497 e. The van der Waals surface area contributed by atoms with E-state index in [1.807, 2.05) is 29.6 Å². The lowest BCUT2D eigenvalue weighted by Gasteiger charge is -2.07. The van der Waals surface area contributed by atoms with E-state index in [1.165, 1.54) is 28.3 Å². The molecule has 2 heterocycles. The Morgan fingerprint density at radius 2 is 1.92 bits per heavy atom. The first-order valence-electron chi connectivity index (χ1n) is 8.02. The summed E-state index contributed by atoms with van der Waals surface area (Å²) in [6.07, 6.45) is 1.48. The van der Waals surface area contributed by atoms with Crippen molar-refractivity contribution in [3.63, 3.8) is 0 Å². The van der Waals surface area contributed by atoms with Gasteiger partial charge in [0.2, 0.25) is 0 Å². The van der Waals surface area contributed by atoms with Gasteiger partial charge in [-0.3, -0.25) is 9.36 Å². The quantitative estimate of drug-likeness (QED) is 0.540. The molecule has 130 valence electrons. The van der Waals surface area contributed by atoms with Crippen LogP contribution in [0.2, 0.25) is 0 Å². The number of benzene rings is 2. The topological polar surface area (TPSA) is 44.1 Å². The van der Waals surface area contributed by atoms with E-state index in [0.29, 0.717) is 15.8 Å². The van der Waals surface area contributed by atoms with Gasteiger partial charge >= 0.3 is 0 Å². The van der Waals surface area contributed by atoms with Crippen LogP contribution in [-0.4, -0.2) is 16.7 Å². The lowest BCUT2D eigenvalue weighted by atomic mass is 10.1. The molecule has 26 heavy (non-hydrogen) atoms. The van der Waals surface area contributed by atoms with Crippen molar-refractivity contribution >= 4 is 21.6 Å². The lowest BCUT2D eigenvalue weighted by molar-refractivity contribution is 0.415. The van der Waals surface area contributed by atoms with E-state index in [1.54, 1.807) is 25.3 Å². The third kappa shape index (κ3) is 2.88. The molecular formula is C20H15FN2O2S. The van der Waals surface area contributed by atoms with Gasteiger partial charge in [0.25, 0.3) is 5.56 Å². The zero-order chi connectivity index (χ0) is 18.1. The summed E-state index contributed by atoms with van der Waals surface area (Å²) in [5.41, 5.74) is 2.83. The molecule has 0 spiro atoms. The van der Waals surface area contributed by atoms with Crippen LogP contribution in [0.15, 0.2) is 65.0 Å². The Labute approximate surface area is 153 Å². The number of nitrogens with zero attached hydrogens (tertiary/aromatic N) is 2. The van der Waals surface area contributed by atoms with Crippen molar-refractivity contribution < 1.29 is 9.13 Å². The summed E-state index contributed by atoms with van der Waals surface area (Å²) in [4.78, 5) is 17.2. The average Bonchev–Trinajstić information content (AvgIpc) is 3.10. The molecule has 0 radical (unpaired) electrons. The number of fused-ring (bicyclic) bond motifs is 1. The van der Waals surface area contributed by atoms with E-state index in [0.717, 1.165) is 16.9 Å². The second kappa shape index (κ2) is 6.72. The van der Waals surface area contributed by atoms with Gasteiger partial charge in [0, 0.05) is 16.5 Å². The molecule has 2 aromatic heterocycles. The summed E-state index contributed by atoms with van der Waals surface area (Å²) < 4.78 is 21.0. The SMILES string of the molecule is COc1ccc(-c2csc3c(=O)n(Cc4ccccc4F)cnc23)cc1. The molecule has 0 bridgehead atoms. The van der Waals surface area contributed by atoms with E-state index in [2.05, 4.69) is 4.98 Å². The number of halogens is 1. The smallest absolute Gasteiger partial charge is 0.271 e. The highest BCUT2D eigenvalue weighted by atomic mass is 32.1. The molecule has 0 saturated heterocycles. The molecule has 0 aliphatic heterocycles.